The zero-order valence-corrected chi connectivity index (χ0v) is 14.0. The second kappa shape index (κ2) is 7.52. The van der Waals surface area contributed by atoms with Crippen molar-refractivity contribution in [1.29, 1.82) is 0 Å². The van der Waals surface area contributed by atoms with Gasteiger partial charge in [-0.2, -0.15) is 0 Å². The van der Waals surface area contributed by atoms with Crippen molar-refractivity contribution in [1.82, 2.24) is 5.32 Å². The monoisotopic (exact) mass is 304 g/mol. The third kappa shape index (κ3) is 5.24. The fourth-order valence-corrected chi connectivity index (χ4v) is 2.91. The fraction of sp³-hybridized carbons (Fsp3) is 0.611. The average Bonchev–Trinajstić information content (AvgIpc) is 2.48. The first-order chi connectivity index (χ1) is 10.5. The first-order valence-electron chi connectivity index (χ1n) is 8.24. The Morgan fingerprint density at radius 1 is 1.18 bits per heavy atom. The number of carbonyl (C=O) groups is 1. The number of anilines is 1. The van der Waals surface area contributed by atoms with E-state index in [1.807, 2.05) is 39.0 Å². The van der Waals surface area contributed by atoms with E-state index < -0.39 is 5.60 Å². The first-order valence-corrected chi connectivity index (χ1v) is 8.24. The summed E-state index contributed by atoms with van der Waals surface area (Å²) in [7, 11) is 0. The van der Waals surface area contributed by atoms with Gasteiger partial charge in [0.1, 0.15) is 5.60 Å². The molecular weight excluding hydrogens is 276 g/mol. The Kier molecular flexibility index (Phi) is 5.69. The molecule has 1 amide bonds. The van der Waals surface area contributed by atoms with Crippen LogP contribution in [-0.2, 0) is 4.74 Å². The number of amides is 1. The van der Waals surface area contributed by atoms with Crippen molar-refractivity contribution in [2.45, 2.75) is 64.5 Å². The second-order valence-corrected chi connectivity index (χ2v) is 6.93. The number of carbonyl (C=O) groups excluding carboxylic acids is 1. The Labute approximate surface area is 133 Å². The molecule has 1 saturated carbocycles. The van der Waals surface area contributed by atoms with Gasteiger partial charge in [0.25, 0.3) is 0 Å². The zero-order valence-electron chi connectivity index (χ0n) is 14.0. The van der Waals surface area contributed by atoms with Gasteiger partial charge in [0, 0.05) is 11.7 Å². The highest BCUT2D eigenvalue weighted by atomic mass is 16.6. The zero-order chi connectivity index (χ0) is 16.0. The van der Waals surface area contributed by atoms with Crippen LogP contribution in [0.1, 0.15) is 52.9 Å². The molecule has 4 nitrogen and oxygen atoms in total. The summed E-state index contributed by atoms with van der Waals surface area (Å²) in [6, 6.07) is 10.8. The fourth-order valence-electron chi connectivity index (χ4n) is 2.91. The molecule has 0 atom stereocenters. The predicted molar refractivity (Wildman–Crippen MR) is 90.0 cm³/mol. The smallest absolute Gasteiger partial charge is 0.409 e. The Morgan fingerprint density at radius 2 is 1.82 bits per heavy atom. The summed E-state index contributed by atoms with van der Waals surface area (Å²) >= 11 is 0. The third-order valence-electron chi connectivity index (χ3n) is 3.90. The maximum atomic E-state index is 11.9. The van der Waals surface area contributed by atoms with Gasteiger partial charge in [-0.3, -0.25) is 0 Å². The van der Waals surface area contributed by atoms with E-state index in [1.165, 1.54) is 32.1 Å². The second-order valence-electron chi connectivity index (χ2n) is 6.93. The lowest BCUT2D eigenvalue weighted by Gasteiger charge is -2.36. The minimum absolute atomic E-state index is 0.357. The number of alkyl carbamates (subject to hydrolysis) is 1. The SMILES string of the molecule is CC(C)(C)OC(=O)NCN(c1ccccc1)C1CCCCC1. The molecule has 0 heterocycles. The summed E-state index contributed by atoms with van der Waals surface area (Å²) in [6.45, 7) is 6.12. The molecule has 0 unspecified atom stereocenters. The van der Waals surface area contributed by atoms with Gasteiger partial charge >= 0.3 is 6.09 Å². The van der Waals surface area contributed by atoms with Gasteiger partial charge in [-0.15, -0.1) is 0 Å². The molecule has 1 aromatic rings. The molecular formula is C18H28N2O2. The van der Waals surface area contributed by atoms with Crippen LogP contribution < -0.4 is 10.2 Å². The number of nitrogens with zero attached hydrogens (tertiary/aromatic N) is 1. The number of benzene rings is 1. The van der Waals surface area contributed by atoms with Crippen molar-refractivity contribution in [2.24, 2.45) is 0 Å². The van der Waals surface area contributed by atoms with Crippen LogP contribution in [0.15, 0.2) is 30.3 Å². The van der Waals surface area contributed by atoms with E-state index in [0.717, 1.165) is 5.69 Å². The minimum atomic E-state index is -0.466. The van der Waals surface area contributed by atoms with Gasteiger partial charge < -0.3 is 15.0 Å². The Bertz CT molecular complexity index is 462. The van der Waals surface area contributed by atoms with Gasteiger partial charge in [-0.05, 0) is 45.7 Å². The van der Waals surface area contributed by atoms with Crippen LogP contribution in [0.4, 0.5) is 10.5 Å². The number of hydrogen-bond donors (Lipinski definition) is 1. The predicted octanol–water partition coefficient (Wildman–Crippen LogP) is 4.31. The molecule has 1 aliphatic carbocycles. The van der Waals surface area contributed by atoms with Crippen LogP contribution in [0.3, 0.4) is 0 Å². The summed E-state index contributed by atoms with van der Waals surface area (Å²) in [5.41, 5.74) is 0.692. The highest BCUT2D eigenvalue weighted by Gasteiger charge is 2.23. The molecule has 0 radical (unpaired) electrons. The van der Waals surface area contributed by atoms with Crippen LogP contribution in [0.2, 0.25) is 0 Å². The van der Waals surface area contributed by atoms with Crippen molar-refractivity contribution in [2.75, 3.05) is 11.6 Å². The molecule has 0 saturated heterocycles. The highest BCUT2D eigenvalue weighted by Crippen LogP contribution is 2.26. The molecule has 22 heavy (non-hydrogen) atoms. The van der Waals surface area contributed by atoms with Gasteiger partial charge in [0.05, 0.1) is 6.67 Å². The van der Waals surface area contributed by atoms with E-state index in [4.69, 9.17) is 4.74 Å². The lowest BCUT2D eigenvalue weighted by molar-refractivity contribution is 0.0526. The van der Waals surface area contributed by atoms with Crippen LogP contribution in [-0.4, -0.2) is 24.4 Å². The van der Waals surface area contributed by atoms with Crippen LogP contribution in [0, 0.1) is 0 Å². The Balaban J connectivity index is 2.00. The minimum Gasteiger partial charge on any atom is -0.444 e. The van der Waals surface area contributed by atoms with Crippen LogP contribution >= 0.6 is 0 Å². The standard InChI is InChI=1S/C18H28N2O2/c1-18(2,3)22-17(21)19-14-20(15-10-6-4-7-11-15)16-12-8-5-9-13-16/h4,6-7,10-11,16H,5,8-9,12-14H2,1-3H3,(H,19,21). The lowest BCUT2D eigenvalue weighted by atomic mass is 9.94. The maximum Gasteiger partial charge on any atom is 0.409 e. The molecule has 1 aliphatic rings. The Morgan fingerprint density at radius 3 is 2.41 bits per heavy atom. The van der Waals surface area contributed by atoms with Crippen molar-refractivity contribution in [3.8, 4) is 0 Å². The van der Waals surface area contributed by atoms with Crippen LogP contribution in [0.25, 0.3) is 0 Å². The van der Waals surface area contributed by atoms with Gasteiger partial charge in [0.15, 0.2) is 0 Å². The van der Waals surface area contributed by atoms with Crippen molar-refractivity contribution >= 4 is 11.8 Å². The topological polar surface area (TPSA) is 41.6 Å². The summed E-state index contributed by atoms with van der Waals surface area (Å²) in [5, 5.41) is 2.90. The molecule has 1 fully saturated rings. The van der Waals surface area contributed by atoms with E-state index >= 15 is 0 Å². The van der Waals surface area contributed by atoms with Crippen molar-refractivity contribution in [3.63, 3.8) is 0 Å². The molecule has 122 valence electrons. The normalized spacial score (nSPS) is 16.1. The molecule has 2 rings (SSSR count). The average molecular weight is 304 g/mol. The quantitative estimate of drug-likeness (QED) is 0.843. The van der Waals surface area contributed by atoms with E-state index in [0.29, 0.717) is 12.7 Å². The lowest BCUT2D eigenvalue weighted by Crippen LogP contribution is -2.46. The van der Waals surface area contributed by atoms with Gasteiger partial charge in [-0.1, -0.05) is 37.5 Å². The molecule has 0 spiro atoms. The van der Waals surface area contributed by atoms with Crippen molar-refractivity contribution in [3.05, 3.63) is 30.3 Å². The number of ether oxygens (including phenoxy) is 1. The Hall–Kier alpha value is -1.71. The molecule has 0 aliphatic heterocycles. The summed E-state index contributed by atoms with van der Waals surface area (Å²) in [6.07, 6.45) is 5.86. The molecule has 0 aromatic heterocycles. The third-order valence-corrected chi connectivity index (χ3v) is 3.90. The molecule has 0 bridgehead atoms. The number of rotatable bonds is 4. The summed E-state index contributed by atoms with van der Waals surface area (Å²) < 4.78 is 5.33. The maximum absolute atomic E-state index is 11.9. The number of nitrogens with one attached hydrogen (secondary N) is 1. The van der Waals surface area contributed by atoms with E-state index in [1.54, 1.807) is 0 Å². The highest BCUT2D eigenvalue weighted by molar-refractivity contribution is 5.68. The summed E-state index contributed by atoms with van der Waals surface area (Å²) in [5.74, 6) is 0. The molecule has 1 aromatic carbocycles. The first kappa shape index (κ1) is 16.7. The number of hydrogen-bond acceptors (Lipinski definition) is 3. The van der Waals surface area contributed by atoms with Crippen molar-refractivity contribution < 1.29 is 9.53 Å². The van der Waals surface area contributed by atoms with E-state index in [-0.39, 0.29) is 6.09 Å². The van der Waals surface area contributed by atoms with E-state index in [9.17, 15) is 4.79 Å². The summed E-state index contributed by atoms with van der Waals surface area (Å²) in [4.78, 5) is 14.2. The largest absolute Gasteiger partial charge is 0.444 e. The van der Waals surface area contributed by atoms with Gasteiger partial charge in [-0.25, -0.2) is 4.79 Å². The van der Waals surface area contributed by atoms with Gasteiger partial charge in [0.2, 0.25) is 0 Å². The molecule has 4 heteroatoms. The van der Waals surface area contributed by atoms with Crippen LogP contribution in [0.5, 0.6) is 0 Å². The van der Waals surface area contributed by atoms with E-state index in [2.05, 4.69) is 22.3 Å². The number of para-hydroxylation sites is 1. The molecule has 1 N–H and O–H groups in total.